The highest BCUT2D eigenvalue weighted by Gasteiger charge is 2.29. The molecule has 0 spiro atoms. The monoisotopic (exact) mass is 466 g/mol. The molecule has 2 amide bonds. The molecule has 0 atom stereocenters. The molecule has 2 N–H and O–H groups in total. The van der Waals surface area contributed by atoms with Gasteiger partial charge >= 0.3 is 0 Å². The zero-order valence-electron chi connectivity index (χ0n) is 20.1. The molecule has 2 rings (SSSR count). The third-order valence-corrected chi connectivity index (χ3v) is 7.12. The summed E-state index contributed by atoms with van der Waals surface area (Å²) in [4.78, 5) is 29.4. The first-order chi connectivity index (χ1) is 14.8. The van der Waals surface area contributed by atoms with Gasteiger partial charge in [-0.25, -0.2) is 13.1 Å². The summed E-state index contributed by atoms with van der Waals surface area (Å²) in [5.74, 6) is -0.184. The second kappa shape index (κ2) is 10.8. The topological polar surface area (TPSA) is 98.8 Å². The lowest BCUT2D eigenvalue weighted by atomic mass is 9.91. The van der Waals surface area contributed by atoms with Crippen LogP contribution in [0.15, 0.2) is 29.2 Å². The lowest BCUT2D eigenvalue weighted by Crippen LogP contribution is -2.46. The van der Waals surface area contributed by atoms with Gasteiger partial charge in [-0.1, -0.05) is 13.8 Å². The Kier molecular flexibility index (Phi) is 8.84. The van der Waals surface area contributed by atoms with Gasteiger partial charge < -0.3 is 15.1 Å². The van der Waals surface area contributed by atoms with Crippen molar-refractivity contribution < 1.29 is 18.0 Å². The van der Waals surface area contributed by atoms with Crippen LogP contribution in [0.25, 0.3) is 0 Å². The minimum Gasteiger partial charge on any atom is -0.355 e. The van der Waals surface area contributed by atoms with Crippen LogP contribution in [0.3, 0.4) is 0 Å². The van der Waals surface area contributed by atoms with Gasteiger partial charge in [0.2, 0.25) is 15.9 Å². The molecule has 8 nitrogen and oxygen atoms in total. The minimum atomic E-state index is -3.59. The van der Waals surface area contributed by atoms with E-state index in [9.17, 15) is 18.0 Å². The van der Waals surface area contributed by atoms with Crippen LogP contribution in [0, 0.1) is 11.3 Å². The lowest BCUT2D eigenvalue weighted by molar-refractivity contribution is -0.126. The second-order valence-electron chi connectivity index (χ2n) is 9.99. The quantitative estimate of drug-likeness (QED) is 0.579. The molecule has 0 saturated carbocycles. The number of piperidine rings is 1. The highest BCUT2D eigenvalue weighted by Crippen LogP contribution is 2.21. The maximum atomic E-state index is 12.8. The zero-order valence-corrected chi connectivity index (χ0v) is 21.0. The van der Waals surface area contributed by atoms with E-state index in [0.29, 0.717) is 38.0 Å². The number of likely N-dealkylation sites (tertiary alicyclic amines) is 1. The van der Waals surface area contributed by atoms with Crippen LogP contribution in [0.5, 0.6) is 0 Å². The van der Waals surface area contributed by atoms with Crippen LogP contribution in [0.1, 0.15) is 50.9 Å². The van der Waals surface area contributed by atoms with Gasteiger partial charge in [0.1, 0.15) is 0 Å². The Morgan fingerprint density at radius 3 is 2.19 bits per heavy atom. The van der Waals surface area contributed by atoms with Crippen molar-refractivity contribution in [2.45, 2.75) is 51.5 Å². The number of hydrogen-bond acceptors (Lipinski definition) is 5. The predicted molar refractivity (Wildman–Crippen MR) is 126 cm³/mol. The summed E-state index contributed by atoms with van der Waals surface area (Å²) in [6.07, 6.45) is 1.24. The summed E-state index contributed by atoms with van der Waals surface area (Å²) in [7, 11) is 0.450. The van der Waals surface area contributed by atoms with Crippen molar-refractivity contribution in [2.75, 3.05) is 40.3 Å². The molecule has 0 bridgehead atoms. The third-order valence-electron chi connectivity index (χ3n) is 5.44. The van der Waals surface area contributed by atoms with Crippen LogP contribution >= 0.6 is 0 Å². The summed E-state index contributed by atoms with van der Waals surface area (Å²) < 4.78 is 27.0. The van der Waals surface area contributed by atoms with Gasteiger partial charge in [-0.15, -0.1) is 0 Å². The van der Waals surface area contributed by atoms with Crippen LogP contribution < -0.4 is 10.0 Å². The normalized spacial score (nSPS) is 15.9. The average molecular weight is 467 g/mol. The number of rotatable bonds is 9. The van der Waals surface area contributed by atoms with E-state index in [1.165, 1.54) is 12.1 Å². The molecule has 32 heavy (non-hydrogen) atoms. The number of nitrogens with one attached hydrogen (secondary N) is 2. The van der Waals surface area contributed by atoms with Gasteiger partial charge in [0.15, 0.2) is 0 Å². The van der Waals surface area contributed by atoms with E-state index in [0.717, 1.165) is 6.54 Å². The van der Waals surface area contributed by atoms with E-state index in [-0.39, 0.29) is 34.1 Å². The van der Waals surface area contributed by atoms with Crippen molar-refractivity contribution in [3.63, 3.8) is 0 Å². The summed E-state index contributed by atoms with van der Waals surface area (Å²) in [5, 5.41) is 3.08. The Morgan fingerprint density at radius 2 is 1.69 bits per heavy atom. The van der Waals surface area contributed by atoms with E-state index >= 15 is 0 Å². The standard InChI is InChI=1S/C23H38N4O4S/c1-17(2)25-32(30,31)20-9-7-19(8-10-20)22(29)27-13-11-18(12-14-27)21(28)24-15-23(3,4)16-26(5)6/h7-10,17-18,25H,11-16H2,1-6H3,(H,24,28). The Labute approximate surface area is 192 Å². The molecule has 1 aromatic rings. The number of amides is 2. The zero-order chi connectivity index (χ0) is 24.1. The van der Waals surface area contributed by atoms with E-state index in [1.807, 2.05) is 14.1 Å². The summed E-state index contributed by atoms with van der Waals surface area (Å²) in [6, 6.07) is 5.78. The molecule has 9 heteroatoms. The van der Waals surface area contributed by atoms with Crippen LogP contribution in [-0.4, -0.2) is 76.3 Å². The van der Waals surface area contributed by atoms with Gasteiger partial charge in [-0.3, -0.25) is 9.59 Å². The highest BCUT2D eigenvalue weighted by molar-refractivity contribution is 7.89. The first kappa shape index (κ1) is 26.3. The van der Waals surface area contributed by atoms with Gasteiger partial charge in [0, 0.05) is 43.7 Å². The van der Waals surface area contributed by atoms with Gasteiger partial charge in [-0.05, 0) is 70.5 Å². The summed E-state index contributed by atoms with van der Waals surface area (Å²) in [5.41, 5.74) is 0.432. The number of carbonyl (C=O) groups excluding carboxylic acids is 2. The van der Waals surface area contributed by atoms with E-state index in [2.05, 4.69) is 28.8 Å². The molecule has 0 aliphatic carbocycles. The van der Waals surface area contributed by atoms with Crippen molar-refractivity contribution in [3.8, 4) is 0 Å². The van der Waals surface area contributed by atoms with E-state index in [4.69, 9.17) is 0 Å². The Bertz CT molecular complexity index is 887. The van der Waals surface area contributed by atoms with Crippen molar-refractivity contribution in [2.24, 2.45) is 11.3 Å². The molecule has 0 aromatic heterocycles. The van der Waals surface area contributed by atoms with Crippen LogP contribution in [0.2, 0.25) is 0 Å². The van der Waals surface area contributed by atoms with Gasteiger partial charge in [0.25, 0.3) is 5.91 Å². The van der Waals surface area contributed by atoms with Crippen LogP contribution in [-0.2, 0) is 14.8 Å². The molecular weight excluding hydrogens is 428 g/mol. The molecule has 1 aliphatic rings. The summed E-state index contributed by atoms with van der Waals surface area (Å²) >= 11 is 0. The van der Waals surface area contributed by atoms with Crippen molar-refractivity contribution in [3.05, 3.63) is 29.8 Å². The fraction of sp³-hybridized carbons (Fsp3) is 0.652. The fourth-order valence-corrected chi connectivity index (χ4v) is 5.32. The number of sulfonamides is 1. The molecular formula is C23H38N4O4S. The lowest BCUT2D eigenvalue weighted by Gasteiger charge is -2.33. The highest BCUT2D eigenvalue weighted by atomic mass is 32.2. The molecule has 0 radical (unpaired) electrons. The first-order valence-corrected chi connectivity index (χ1v) is 12.6. The molecule has 1 aromatic carbocycles. The predicted octanol–water partition coefficient (Wildman–Crippen LogP) is 1.93. The molecule has 1 heterocycles. The van der Waals surface area contributed by atoms with Crippen molar-refractivity contribution >= 4 is 21.8 Å². The van der Waals surface area contributed by atoms with Gasteiger partial charge in [0.05, 0.1) is 4.90 Å². The van der Waals surface area contributed by atoms with Crippen molar-refractivity contribution in [1.82, 2.24) is 19.8 Å². The third kappa shape index (κ3) is 7.56. The maximum Gasteiger partial charge on any atom is 0.253 e. The Hall–Kier alpha value is -1.97. The summed E-state index contributed by atoms with van der Waals surface area (Å²) in [6.45, 7) is 10.3. The minimum absolute atomic E-state index is 0.0137. The number of benzene rings is 1. The maximum absolute atomic E-state index is 12.8. The molecule has 180 valence electrons. The molecule has 0 unspecified atom stereocenters. The number of carbonyl (C=O) groups is 2. The van der Waals surface area contributed by atoms with Gasteiger partial charge in [-0.2, -0.15) is 0 Å². The average Bonchev–Trinajstić information content (AvgIpc) is 2.70. The molecule has 1 fully saturated rings. The second-order valence-corrected chi connectivity index (χ2v) is 11.7. The molecule has 1 aliphatic heterocycles. The fourth-order valence-electron chi connectivity index (χ4n) is 4.07. The van der Waals surface area contributed by atoms with E-state index in [1.54, 1.807) is 30.9 Å². The SMILES string of the molecule is CC(C)NS(=O)(=O)c1ccc(C(=O)N2CCC(C(=O)NCC(C)(C)CN(C)C)CC2)cc1. The number of nitrogens with zero attached hydrogens (tertiary/aromatic N) is 2. The first-order valence-electron chi connectivity index (χ1n) is 11.1. The number of hydrogen-bond donors (Lipinski definition) is 2. The van der Waals surface area contributed by atoms with E-state index < -0.39 is 10.0 Å². The Balaban J connectivity index is 1.89. The largest absolute Gasteiger partial charge is 0.355 e. The molecule has 1 saturated heterocycles. The Morgan fingerprint density at radius 1 is 1.12 bits per heavy atom. The van der Waals surface area contributed by atoms with Crippen LogP contribution in [0.4, 0.5) is 0 Å². The smallest absolute Gasteiger partial charge is 0.253 e. The van der Waals surface area contributed by atoms with Crippen molar-refractivity contribution in [1.29, 1.82) is 0 Å².